The molecule has 1 aliphatic carbocycles. The van der Waals surface area contributed by atoms with Crippen molar-refractivity contribution in [2.24, 2.45) is 0 Å². The van der Waals surface area contributed by atoms with E-state index in [9.17, 15) is 9.59 Å². The van der Waals surface area contributed by atoms with Crippen molar-refractivity contribution in [3.8, 4) is 0 Å². The van der Waals surface area contributed by atoms with Crippen LogP contribution in [-0.2, 0) is 17.6 Å². The van der Waals surface area contributed by atoms with Gasteiger partial charge in [0.05, 0.1) is 13.2 Å². The number of hydrazine groups is 1. The van der Waals surface area contributed by atoms with Crippen LogP contribution in [0.2, 0.25) is 0 Å². The molecule has 2 aliphatic rings. The summed E-state index contributed by atoms with van der Waals surface area (Å²) in [5.74, 6) is -0.744. The predicted octanol–water partition coefficient (Wildman–Crippen LogP) is 1.54. The van der Waals surface area contributed by atoms with Gasteiger partial charge >= 0.3 is 0 Å². The van der Waals surface area contributed by atoms with Crippen LogP contribution in [0, 0.1) is 0 Å². The first-order chi connectivity index (χ1) is 12.7. The monoisotopic (exact) mass is 372 g/mol. The summed E-state index contributed by atoms with van der Waals surface area (Å²) in [6.07, 6.45) is 3.21. The van der Waals surface area contributed by atoms with E-state index in [4.69, 9.17) is 4.74 Å². The number of hydrogen-bond acceptors (Lipinski definition) is 6. The second-order valence-electron chi connectivity index (χ2n) is 6.36. The Hall–Kier alpha value is -2.45. The molecule has 8 heteroatoms. The number of carbonyl (C=O) groups excluding carboxylic acids is 2. The highest BCUT2D eigenvalue weighted by atomic mass is 32.1. The lowest BCUT2D eigenvalue weighted by Gasteiger charge is -2.25. The maximum Gasteiger partial charge on any atom is 0.289 e. The summed E-state index contributed by atoms with van der Waals surface area (Å²) in [4.78, 5) is 31.0. The lowest BCUT2D eigenvalue weighted by molar-refractivity contribution is 0.0844. The van der Waals surface area contributed by atoms with Gasteiger partial charge in [-0.25, -0.2) is 4.98 Å². The fraction of sp³-hybridized carbons (Fsp3) is 0.389. The molecular weight excluding hydrogens is 352 g/mol. The Morgan fingerprint density at radius 2 is 1.85 bits per heavy atom. The Bertz CT molecular complexity index is 830. The van der Waals surface area contributed by atoms with Crippen LogP contribution in [-0.4, -0.2) is 43.1 Å². The van der Waals surface area contributed by atoms with Gasteiger partial charge in [-0.1, -0.05) is 6.07 Å². The Morgan fingerprint density at radius 3 is 2.69 bits per heavy atom. The Morgan fingerprint density at radius 1 is 1.08 bits per heavy atom. The lowest BCUT2D eigenvalue weighted by Crippen LogP contribution is -2.42. The quantitative estimate of drug-likeness (QED) is 0.799. The minimum absolute atomic E-state index is 0.297. The van der Waals surface area contributed by atoms with E-state index in [2.05, 4.69) is 20.7 Å². The van der Waals surface area contributed by atoms with Gasteiger partial charge in [-0.2, -0.15) is 0 Å². The minimum Gasteiger partial charge on any atom is -0.378 e. The number of aryl methyl sites for hydroxylation is 2. The number of amides is 2. The first kappa shape index (κ1) is 17.0. The van der Waals surface area contributed by atoms with Crippen molar-refractivity contribution >= 4 is 28.3 Å². The molecule has 0 unspecified atom stereocenters. The fourth-order valence-electron chi connectivity index (χ4n) is 3.23. The molecule has 2 aromatic rings. The molecule has 7 nitrogen and oxygen atoms in total. The summed E-state index contributed by atoms with van der Waals surface area (Å²) >= 11 is 1.41. The molecule has 1 aromatic carbocycles. The van der Waals surface area contributed by atoms with Crippen LogP contribution in [0.4, 0.5) is 5.13 Å². The van der Waals surface area contributed by atoms with E-state index in [0.717, 1.165) is 37.5 Å². The molecule has 2 amide bonds. The zero-order valence-corrected chi connectivity index (χ0v) is 15.1. The van der Waals surface area contributed by atoms with Crippen molar-refractivity contribution < 1.29 is 14.3 Å². The molecule has 1 saturated heterocycles. The van der Waals surface area contributed by atoms with Gasteiger partial charge in [-0.05, 0) is 42.5 Å². The summed E-state index contributed by atoms with van der Waals surface area (Å²) < 4.78 is 5.32. The SMILES string of the molecule is O=C(NNC(=O)c1csc(N2CCOCC2)n1)c1ccc2c(c1)CCC2. The maximum atomic E-state index is 12.3. The fourth-order valence-corrected chi connectivity index (χ4v) is 4.09. The van der Waals surface area contributed by atoms with Crippen LogP contribution in [0.3, 0.4) is 0 Å². The number of anilines is 1. The third kappa shape index (κ3) is 3.56. The zero-order chi connectivity index (χ0) is 17.9. The second kappa shape index (κ2) is 7.43. The van der Waals surface area contributed by atoms with E-state index in [-0.39, 0.29) is 5.91 Å². The molecule has 0 radical (unpaired) electrons. The molecule has 0 spiro atoms. The van der Waals surface area contributed by atoms with Gasteiger partial charge in [-0.3, -0.25) is 20.4 Å². The number of carbonyl (C=O) groups is 2. The molecule has 2 N–H and O–H groups in total. The van der Waals surface area contributed by atoms with E-state index in [1.54, 1.807) is 11.4 Å². The number of benzene rings is 1. The number of ether oxygens (including phenoxy) is 1. The molecule has 26 heavy (non-hydrogen) atoms. The van der Waals surface area contributed by atoms with Gasteiger partial charge in [0.25, 0.3) is 11.8 Å². The van der Waals surface area contributed by atoms with Crippen LogP contribution in [0.5, 0.6) is 0 Å². The molecule has 1 fully saturated rings. The number of nitrogens with one attached hydrogen (secondary N) is 2. The number of rotatable bonds is 3. The lowest BCUT2D eigenvalue weighted by atomic mass is 10.1. The van der Waals surface area contributed by atoms with Gasteiger partial charge < -0.3 is 9.64 Å². The molecular formula is C18H20N4O3S. The summed E-state index contributed by atoms with van der Waals surface area (Å²) in [6, 6.07) is 5.70. The van der Waals surface area contributed by atoms with Gasteiger partial charge in [0.1, 0.15) is 5.69 Å². The van der Waals surface area contributed by atoms with Gasteiger partial charge in [0.2, 0.25) is 0 Å². The van der Waals surface area contributed by atoms with Crippen molar-refractivity contribution in [1.29, 1.82) is 0 Å². The number of fused-ring (bicyclic) bond motifs is 1. The zero-order valence-electron chi connectivity index (χ0n) is 14.3. The average Bonchev–Trinajstić information content (AvgIpc) is 3.35. The third-order valence-electron chi connectivity index (χ3n) is 4.66. The molecule has 4 rings (SSSR count). The topological polar surface area (TPSA) is 83.6 Å². The minimum atomic E-state index is -0.421. The number of aromatic nitrogens is 1. The van der Waals surface area contributed by atoms with Gasteiger partial charge in [0.15, 0.2) is 5.13 Å². The van der Waals surface area contributed by atoms with Crippen molar-refractivity contribution in [3.05, 3.63) is 46.0 Å². The molecule has 0 atom stereocenters. The number of nitrogens with zero attached hydrogens (tertiary/aromatic N) is 2. The Kier molecular flexibility index (Phi) is 4.85. The second-order valence-corrected chi connectivity index (χ2v) is 7.20. The van der Waals surface area contributed by atoms with Crippen molar-refractivity contribution in [1.82, 2.24) is 15.8 Å². The van der Waals surface area contributed by atoms with Crippen LogP contribution >= 0.6 is 11.3 Å². The van der Waals surface area contributed by atoms with Crippen molar-refractivity contribution in [2.75, 3.05) is 31.2 Å². The summed E-state index contributed by atoms with van der Waals surface area (Å²) in [7, 11) is 0. The highest BCUT2D eigenvalue weighted by Gasteiger charge is 2.18. The summed E-state index contributed by atoms with van der Waals surface area (Å²) in [6.45, 7) is 2.86. The van der Waals surface area contributed by atoms with Crippen LogP contribution < -0.4 is 15.8 Å². The first-order valence-electron chi connectivity index (χ1n) is 8.71. The summed E-state index contributed by atoms with van der Waals surface area (Å²) in [5, 5.41) is 2.49. The number of morpholine rings is 1. The van der Waals surface area contributed by atoms with Gasteiger partial charge in [0, 0.05) is 24.0 Å². The normalized spacial score (nSPS) is 16.2. The maximum absolute atomic E-state index is 12.3. The molecule has 136 valence electrons. The van der Waals surface area contributed by atoms with Crippen LogP contribution in [0.15, 0.2) is 23.6 Å². The van der Waals surface area contributed by atoms with E-state index >= 15 is 0 Å². The highest BCUT2D eigenvalue weighted by Crippen LogP contribution is 2.23. The standard InChI is InChI=1S/C18H20N4O3S/c23-16(14-5-4-12-2-1-3-13(12)10-14)20-21-17(24)15-11-26-18(19-15)22-6-8-25-9-7-22/h4-5,10-11H,1-3,6-9H2,(H,20,23)(H,21,24). The summed E-state index contributed by atoms with van der Waals surface area (Å²) in [5.41, 5.74) is 8.29. The number of hydrogen-bond donors (Lipinski definition) is 2. The van der Waals surface area contributed by atoms with E-state index in [1.165, 1.54) is 22.5 Å². The molecule has 1 aliphatic heterocycles. The van der Waals surface area contributed by atoms with Crippen LogP contribution in [0.25, 0.3) is 0 Å². The largest absolute Gasteiger partial charge is 0.378 e. The molecule has 0 bridgehead atoms. The number of thiazole rings is 1. The first-order valence-corrected chi connectivity index (χ1v) is 9.59. The van der Waals surface area contributed by atoms with Gasteiger partial charge in [-0.15, -0.1) is 11.3 Å². The Labute approximate surface area is 155 Å². The van der Waals surface area contributed by atoms with E-state index in [1.807, 2.05) is 12.1 Å². The Balaban J connectivity index is 1.35. The van der Waals surface area contributed by atoms with Crippen molar-refractivity contribution in [3.63, 3.8) is 0 Å². The average molecular weight is 372 g/mol. The van der Waals surface area contributed by atoms with E-state index in [0.29, 0.717) is 24.5 Å². The van der Waals surface area contributed by atoms with Crippen molar-refractivity contribution in [2.45, 2.75) is 19.3 Å². The van der Waals surface area contributed by atoms with Crippen LogP contribution in [0.1, 0.15) is 38.4 Å². The third-order valence-corrected chi connectivity index (χ3v) is 5.56. The molecule has 2 heterocycles. The smallest absolute Gasteiger partial charge is 0.289 e. The predicted molar refractivity (Wildman–Crippen MR) is 98.5 cm³/mol. The molecule has 1 aromatic heterocycles. The molecule has 0 saturated carbocycles. The van der Waals surface area contributed by atoms with E-state index < -0.39 is 5.91 Å². The highest BCUT2D eigenvalue weighted by molar-refractivity contribution is 7.13.